The highest BCUT2D eigenvalue weighted by molar-refractivity contribution is 6.30. The van der Waals surface area contributed by atoms with Gasteiger partial charge in [0.25, 0.3) is 0 Å². The number of hydrogen-bond donors (Lipinski definition) is 1. The molecular weight excluding hydrogens is 390 g/mol. The number of aliphatic hydroxyl groups is 1. The zero-order chi connectivity index (χ0) is 21.2. The number of ether oxygens (including phenoxy) is 2. The molecule has 2 unspecified atom stereocenters. The molecule has 0 fully saturated rings. The highest BCUT2D eigenvalue weighted by atomic mass is 35.5. The van der Waals surface area contributed by atoms with Crippen LogP contribution in [0.3, 0.4) is 0 Å². The van der Waals surface area contributed by atoms with Crippen LogP contribution in [0.5, 0.6) is 5.75 Å². The van der Waals surface area contributed by atoms with Gasteiger partial charge >= 0.3 is 5.97 Å². The second kappa shape index (κ2) is 11.6. The first-order chi connectivity index (χ1) is 13.9. The van der Waals surface area contributed by atoms with Gasteiger partial charge in [0, 0.05) is 24.2 Å². The van der Waals surface area contributed by atoms with Crippen molar-refractivity contribution < 1.29 is 19.4 Å². The molecule has 2 atom stereocenters. The molecule has 5 nitrogen and oxygen atoms in total. The summed E-state index contributed by atoms with van der Waals surface area (Å²) in [7, 11) is 1.33. The van der Waals surface area contributed by atoms with Crippen LogP contribution >= 0.6 is 11.6 Å². The fourth-order valence-electron chi connectivity index (χ4n) is 3.03. The average molecular weight is 418 g/mol. The highest BCUT2D eigenvalue weighted by Gasteiger charge is 2.18. The maximum absolute atomic E-state index is 11.2. The zero-order valence-electron chi connectivity index (χ0n) is 16.9. The molecule has 156 valence electrons. The Balaban J connectivity index is 1.96. The maximum Gasteiger partial charge on any atom is 0.343 e. The molecule has 0 aliphatic heterocycles. The molecule has 0 aliphatic rings. The number of carbonyl (C=O) groups is 1. The van der Waals surface area contributed by atoms with Gasteiger partial charge < -0.3 is 14.6 Å². The van der Waals surface area contributed by atoms with Gasteiger partial charge in [-0.05, 0) is 48.7 Å². The minimum atomic E-state index is -0.634. The summed E-state index contributed by atoms with van der Waals surface area (Å²) in [5.74, 6) is 0.201. The van der Waals surface area contributed by atoms with Crippen molar-refractivity contribution in [1.29, 1.82) is 0 Å². The van der Waals surface area contributed by atoms with E-state index in [1.54, 1.807) is 12.1 Å². The van der Waals surface area contributed by atoms with E-state index in [1.165, 1.54) is 7.11 Å². The van der Waals surface area contributed by atoms with Crippen molar-refractivity contribution in [2.24, 2.45) is 0 Å². The third kappa shape index (κ3) is 7.54. The quantitative estimate of drug-likeness (QED) is 0.441. The predicted octanol–water partition coefficient (Wildman–Crippen LogP) is 4.04. The minimum absolute atomic E-state index is 0.110. The Hall–Kier alpha value is -2.34. The summed E-state index contributed by atoms with van der Waals surface area (Å²) in [5.41, 5.74) is 1.93. The van der Waals surface area contributed by atoms with Crippen LogP contribution in [0.1, 0.15) is 24.2 Å². The van der Waals surface area contributed by atoms with Crippen molar-refractivity contribution in [2.45, 2.75) is 25.5 Å². The van der Waals surface area contributed by atoms with Gasteiger partial charge in [0.2, 0.25) is 0 Å². The summed E-state index contributed by atoms with van der Waals surface area (Å²) < 4.78 is 9.94. The van der Waals surface area contributed by atoms with Crippen molar-refractivity contribution >= 4 is 17.6 Å². The monoisotopic (exact) mass is 417 g/mol. The van der Waals surface area contributed by atoms with Gasteiger partial charge in [0.05, 0.1) is 13.2 Å². The summed E-state index contributed by atoms with van der Waals surface area (Å²) in [6.45, 7) is 6.99. The second-order valence-electron chi connectivity index (χ2n) is 6.88. The fraction of sp³-hybridized carbons (Fsp3) is 0.348. The van der Waals surface area contributed by atoms with Gasteiger partial charge in [-0.15, -0.1) is 6.58 Å². The highest BCUT2D eigenvalue weighted by Crippen LogP contribution is 2.21. The van der Waals surface area contributed by atoms with Crippen molar-refractivity contribution in [3.05, 3.63) is 77.3 Å². The van der Waals surface area contributed by atoms with E-state index in [4.69, 9.17) is 16.3 Å². The normalized spacial score (nSPS) is 13.0. The summed E-state index contributed by atoms with van der Waals surface area (Å²) in [6.07, 6.45) is 2.00. The second-order valence-corrected chi connectivity index (χ2v) is 7.31. The molecule has 0 spiro atoms. The van der Waals surface area contributed by atoms with Gasteiger partial charge in [-0.3, -0.25) is 4.90 Å². The number of carbonyl (C=O) groups excluding carboxylic acids is 1. The van der Waals surface area contributed by atoms with E-state index in [0.717, 1.165) is 17.5 Å². The lowest BCUT2D eigenvalue weighted by atomic mass is 10.0. The van der Waals surface area contributed by atoms with E-state index in [-0.39, 0.29) is 12.6 Å². The Bertz CT molecular complexity index is 794. The molecule has 0 aliphatic carbocycles. The molecule has 0 amide bonds. The third-order valence-electron chi connectivity index (χ3n) is 4.67. The molecule has 29 heavy (non-hydrogen) atoms. The van der Waals surface area contributed by atoms with Crippen LogP contribution in [0.4, 0.5) is 0 Å². The first-order valence-electron chi connectivity index (χ1n) is 9.50. The molecule has 2 rings (SSSR count). The van der Waals surface area contributed by atoms with Gasteiger partial charge in [0.1, 0.15) is 5.75 Å². The van der Waals surface area contributed by atoms with Crippen LogP contribution in [0, 0.1) is 0 Å². The lowest BCUT2D eigenvalue weighted by Crippen LogP contribution is -2.38. The number of aliphatic hydroxyl groups excluding tert-OH is 1. The van der Waals surface area contributed by atoms with Crippen LogP contribution < -0.4 is 4.74 Å². The molecular formula is C23H28ClNO4. The molecule has 0 saturated heterocycles. The molecule has 0 aromatic heterocycles. The first kappa shape index (κ1) is 22.9. The molecule has 0 saturated carbocycles. The van der Waals surface area contributed by atoms with Crippen molar-refractivity contribution in [3.63, 3.8) is 0 Å². The Morgan fingerprint density at radius 3 is 2.62 bits per heavy atom. The molecule has 6 heteroatoms. The Morgan fingerprint density at radius 1 is 1.28 bits per heavy atom. The van der Waals surface area contributed by atoms with E-state index < -0.39 is 12.1 Å². The molecule has 0 radical (unpaired) electrons. The minimum Gasteiger partial charge on any atom is -0.482 e. The number of benzene rings is 2. The van der Waals surface area contributed by atoms with Crippen molar-refractivity contribution in [3.8, 4) is 5.75 Å². The van der Waals surface area contributed by atoms with E-state index in [2.05, 4.69) is 23.1 Å². The summed E-state index contributed by atoms with van der Waals surface area (Å²) in [4.78, 5) is 13.3. The molecule has 2 aromatic rings. The Labute approximate surface area is 177 Å². The van der Waals surface area contributed by atoms with Crippen LogP contribution in [-0.2, 0) is 16.0 Å². The third-order valence-corrected chi connectivity index (χ3v) is 4.90. The maximum atomic E-state index is 11.2. The van der Waals surface area contributed by atoms with E-state index in [0.29, 0.717) is 23.9 Å². The fourth-order valence-corrected chi connectivity index (χ4v) is 3.23. The lowest BCUT2D eigenvalue weighted by Gasteiger charge is -2.30. The Morgan fingerprint density at radius 2 is 2.00 bits per heavy atom. The van der Waals surface area contributed by atoms with Gasteiger partial charge in [-0.25, -0.2) is 4.79 Å². The van der Waals surface area contributed by atoms with Crippen molar-refractivity contribution in [1.82, 2.24) is 4.90 Å². The first-order valence-corrected chi connectivity index (χ1v) is 9.87. The SMILES string of the molecule is C=CCN(CC(O)c1cccc(Cl)c1)C(C)Cc1ccc(OCC(=O)OC)cc1. The largest absolute Gasteiger partial charge is 0.482 e. The Kier molecular flexibility index (Phi) is 9.19. The standard InChI is InChI=1S/C23H28ClNO4/c1-4-12-25(15-22(26)19-6-5-7-20(24)14-19)17(2)13-18-8-10-21(11-9-18)29-16-23(27)28-3/h4-11,14,17,22,26H,1,12-13,15-16H2,2-3H3. The number of rotatable bonds is 11. The van der Waals surface area contributed by atoms with Crippen LogP contribution in [0.2, 0.25) is 5.02 Å². The van der Waals surface area contributed by atoms with Crippen LogP contribution in [-0.4, -0.2) is 48.8 Å². The molecule has 1 N–H and O–H groups in total. The van der Waals surface area contributed by atoms with E-state index in [9.17, 15) is 9.90 Å². The number of halogens is 1. The van der Waals surface area contributed by atoms with Gasteiger partial charge in [-0.1, -0.05) is 41.9 Å². The molecule has 0 heterocycles. The van der Waals surface area contributed by atoms with Gasteiger partial charge in [0.15, 0.2) is 6.61 Å². The van der Waals surface area contributed by atoms with Gasteiger partial charge in [-0.2, -0.15) is 0 Å². The topological polar surface area (TPSA) is 59.0 Å². The molecule has 2 aromatic carbocycles. The number of nitrogens with zero attached hydrogens (tertiary/aromatic N) is 1. The van der Waals surface area contributed by atoms with E-state index >= 15 is 0 Å². The predicted molar refractivity (Wildman–Crippen MR) is 115 cm³/mol. The lowest BCUT2D eigenvalue weighted by molar-refractivity contribution is -0.142. The van der Waals surface area contributed by atoms with Crippen LogP contribution in [0.25, 0.3) is 0 Å². The number of esters is 1. The van der Waals surface area contributed by atoms with E-state index in [1.807, 2.05) is 42.5 Å². The summed E-state index contributed by atoms with van der Waals surface area (Å²) in [6, 6.07) is 15.1. The summed E-state index contributed by atoms with van der Waals surface area (Å²) >= 11 is 6.04. The number of hydrogen-bond acceptors (Lipinski definition) is 5. The average Bonchev–Trinajstić information content (AvgIpc) is 2.72. The smallest absolute Gasteiger partial charge is 0.343 e. The summed E-state index contributed by atoms with van der Waals surface area (Å²) in [5, 5.41) is 11.2. The van der Waals surface area contributed by atoms with Crippen LogP contribution in [0.15, 0.2) is 61.2 Å². The zero-order valence-corrected chi connectivity index (χ0v) is 17.6. The number of methoxy groups -OCH3 is 1. The van der Waals surface area contributed by atoms with Crippen molar-refractivity contribution in [2.75, 3.05) is 26.8 Å². The molecule has 0 bridgehead atoms.